The van der Waals surface area contributed by atoms with Gasteiger partial charge in [-0.15, -0.1) is 0 Å². The molecule has 0 spiro atoms. The Balaban J connectivity index is 1.55. The average molecular weight is 440 g/mol. The second-order valence-electron chi connectivity index (χ2n) is 10.1. The van der Waals surface area contributed by atoms with E-state index in [1.54, 1.807) is 6.08 Å². The van der Waals surface area contributed by atoms with Crippen LogP contribution in [0.4, 0.5) is 0 Å². The predicted molar refractivity (Wildman–Crippen MR) is 124 cm³/mol. The second kappa shape index (κ2) is 10.4. The molecule has 1 N–H and O–H groups in total. The highest BCUT2D eigenvalue weighted by molar-refractivity contribution is 5.99. The van der Waals surface area contributed by atoms with E-state index in [0.29, 0.717) is 17.8 Å². The Kier molecular flexibility index (Phi) is 7.82. The summed E-state index contributed by atoms with van der Waals surface area (Å²) in [5.74, 6) is 1.58. The first-order chi connectivity index (χ1) is 15.2. The zero-order chi connectivity index (χ0) is 23.4. The number of hydrogen-bond acceptors (Lipinski definition) is 4. The highest BCUT2D eigenvalue weighted by atomic mass is 16.5. The van der Waals surface area contributed by atoms with Crippen LogP contribution in [0.2, 0.25) is 0 Å². The normalized spacial score (nSPS) is 23.3. The Morgan fingerprint density at radius 1 is 1.28 bits per heavy atom. The summed E-state index contributed by atoms with van der Waals surface area (Å²) < 4.78 is 7.37. The number of amides is 1. The summed E-state index contributed by atoms with van der Waals surface area (Å²) in [6.45, 7) is 11.0. The Morgan fingerprint density at radius 2 is 2.03 bits per heavy atom. The molecule has 2 aliphatic rings. The van der Waals surface area contributed by atoms with Gasteiger partial charge in [-0.1, -0.05) is 20.3 Å². The smallest absolute Gasteiger partial charge is 0.349 e. The van der Waals surface area contributed by atoms with Gasteiger partial charge in [0.15, 0.2) is 6.61 Å². The number of aryl methyl sites for hydroxylation is 1. The van der Waals surface area contributed by atoms with Gasteiger partial charge in [0.1, 0.15) is 11.6 Å². The van der Waals surface area contributed by atoms with Crippen LogP contribution < -0.4 is 5.32 Å². The van der Waals surface area contributed by atoms with Gasteiger partial charge in [-0.3, -0.25) is 4.79 Å². The Hall–Kier alpha value is -2.55. The van der Waals surface area contributed by atoms with Crippen LogP contribution in [-0.2, 0) is 20.9 Å². The van der Waals surface area contributed by atoms with Crippen LogP contribution in [0.1, 0.15) is 69.8 Å². The molecule has 2 saturated carbocycles. The van der Waals surface area contributed by atoms with E-state index >= 15 is 0 Å². The van der Waals surface area contributed by atoms with Crippen molar-refractivity contribution in [2.45, 2.75) is 79.3 Å². The zero-order valence-electron chi connectivity index (χ0n) is 20.1. The number of nitriles is 1. The van der Waals surface area contributed by atoms with Crippen LogP contribution >= 0.6 is 0 Å². The molecule has 1 aromatic heterocycles. The monoisotopic (exact) mass is 439 g/mol. The minimum absolute atomic E-state index is 0.0821. The number of hydrogen-bond donors (Lipinski definition) is 1. The van der Waals surface area contributed by atoms with E-state index in [-0.39, 0.29) is 24.1 Å². The number of ether oxygens (including phenoxy) is 1. The SMILES string of the molecule is Cc1cc(/C=C(\C#N)C(=O)OCC(=O)NC(C)C2CC3CCC2C3)c(C)n1CCC(C)C. The fraction of sp³-hybridized carbons (Fsp3) is 0.654. The largest absolute Gasteiger partial charge is 0.451 e. The molecule has 0 radical (unpaired) electrons. The van der Waals surface area contributed by atoms with E-state index in [1.807, 2.05) is 32.9 Å². The predicted octanol–water partition coefficient (Wildman–Crippen LogP) is 4.54. The molecule has 32 heavy (non-hydrogen) atoms. The van der Waals surface area contributed by atoms with Gasteiger partial charge in [0, 0.05) is 24.0 Å². The van der Waals surface area contributed by atoms with E-state index in [0.717, 1.165) is 35.8 Å². The fourth-order valence-corrected chi connectivity index (χ4v) is 5.52. The Bertz CT molecular complexity index is 921. The van der Waals surface area contributed by atoms with Crippen molar-refractivity contribution in [3.8, 4) is 6.07 Å². The third-order valence-electron chi connectivity index (χ3n) is 7.34. The molecular weight excluding hydrogens is 402 g/mol. The summed E-state index contributed by atoms with van der Waals surface area (Å²) in [4.78, 5) is 24.8. The van der Waals surface area contributed by atoms with Crippen molar-refractivity contribution in [3.63, 3.8) is 0 Å². The Labute approximate surface area is 192 Å². The number of fused-ring (bicyclic) bond motifs is 2. The highest BCUT2D eigenvalue weighted by Gasteiger charge is 2.42. The van der Waals surface area contributed by atoms with Crippen LogP contribution in [0, 0.1) is 48.9 Å². The molecule has 1 heterocycles. The third-order valence-corrected chi connectivity index (χ3v) is 7.34. The van der Waals surface area contributed by atoms with Crippen molar-refractivity contribution in [3.05, 3.63) is 28.6 Å². The molecule has 0 saturated heterocycles. The van der Waals surface area contributed by atoms with Gasteiger partial charge >= 0.3 is 5.97 Å². The number of nitrogens with zero attached hydrogens (tertiary/aromatic N) is 2. The molecular formula is C26H37N3O3. The summed E-state index contributed by atoms with van der Waals surface area (Å²) in [7, 11) is 0. The van der Waals surface area contributed by atoms with Crippen molar-refractivity contribution >= 4 is 18.0 Å². The number of esters is 1. The molecule has 2 aliphatic carbocycles. The Morgan fingerprint density at radius 3 is 2.62 bits per heavy atom. The lowest BCUT2D eigenvalue weighted by molar-refractivity contribution is -0.144. The molecule has 1 aromatic rings. The summed E-state index contributed by atoms with van der Waals surface area (Å²) in [5, 5.41) is 12.5. The number of carbonyl (C=O) groups excluding carboxylic acids is 2. The number of aromatic nitrogens is 1. The van der Waals surface area contributed by atoms with Crippen LogP contribution in [0.15, 0.2) is 11.6 Å². The molecule has 3 rings (SSSR count). The van der Waals surface area contributed by atoms with Crippen LogP contribution in [0.5, 0.6) is 0 Å². The van der Waals surface area contributed by atoms with Gasteiger partial charge in [-0.05, 0) is 87.8 Å². The lowest BCUT2D eigenvalue weighted by Gasteiger charge is -2.28. The lowest BCUT2D eigenvalue weighted by Crippen LogP contribution is -2.42. The summed E-state index contributed by atoms with van der Waals surface area (Å²) in [6.07, 6.45) is 7.67. The molecule has 0 aromatic carbocycles. The molecule has 0 aliphatic heterocycles. The summed E-state index contributed by atoms with van der Waals surface area (Å²) in [5.41, 5.74) is 2.84. The van der Waals surface area contributed by atoms with Gasteiger partial charge in [-0.25, -0.2) is 4.79 Å². The molecule has 2 fully saturated rings. The number of carbonyl (C=O) groups is 2. The van der Waals surface area contributed by atoms with Gasteiger partial charge in [0.05, 0.1) is 0 Å². The molecule has 4 atom stereocenters. The molecule has 174 valence electrons. The maximum Gasteiger partial charge on any atom is 0.349 e. The van der Waals surface area contributed by atoms with Crippen molar-refractivity contribution in [1.29, 1.82) is 5.26 Å². The van der Waals surface area contributed by atoms with Gasteiger partial charge in [0.2, 0.25) is 0 Å². The van der Waals surface area contributed by atoms with E-state index < -0.39 is 5.97 Å². The first-order valence-corrected chi connectivity index (χ1v) is 11.9. The van der Waals surface area contributed by atoms with E-state index in [9.17, 15) is 14.9 Å². The molecule has 2 bridgehead atoms. The summed E-state index contributed by atoms with van der Waals surface area (Å²) in [6, 6.07) is 3.99. The minimum Gasteiger partial charge on any atom is -0.451 e. The van der Waals surface area contributed by atoms with Gasteiger partial charge in [-0.2, -0.15) is 5.26 Å². The van der Waals surface area contributed by atoms with E-state index in [4.69, 9.17) is 4.74 Å². The van der Waals surface area contributed by atoms with Crippen LogP contribution in [-0.4, -0.2) is 29.1 Å². The fourth-order valence-electron chi connectivity index (χ4n) is 5.52. The zero-order valence-corrected chi connectivity index (χ0v) is 20.1. The minimum atomic E-state index is -0.762. The lowest BCUT2D eigenvalue weighted by atomic mass is 9.84. The van der Waals surface area contributed by atoms with Crippen LogP contribution in [0.25, 0.3) is 6.08 Å². The maximum atomic E-state index is 12.4. The van der Waals surface area contributed by atoms with Crippen LogP contribution in [0.3, 0.4) is 0 Å². The highest BCUT2D eigenvalue weighted by Crippen LogP contribution is 2.49. The van der Waals surface area contributed by atoms with Gasteiger partial charge in [0.25, 0.3) is 5.91 Å². The first-order valence-electron chi connectivity index (χ1n) is 11.9. The molecule has 4 unspecified atom stereocenters. The van der Waals surface area contributed by atoms with E-state index in [2.05, 4.69) is 23.7 Å². The topological polar surface area (TPSA) is 84.1 Å². The summed E-state index contributed by atoms with van der Waals surface area (Å²) >= 11 is 0. The quantitative estimate of drug-likeness (QED) is 0.348. The van der Waals surface area contributed by atoms with Crippen molar-refractivity contribution in [2.75, 3.05) is 6.61 Å². The first kappa shape index (κ1) is 24.1. The van der Waals surface area contributed by atoms with Crippen molar-refractivity contribution in [1.82, 2.24) is 9.88 Å². The number of nitrogens with one attached hydrogen (secondary N) is 1. The molecule has 6 heteroatoms. The standard InChI is InChI=1S/C26H37N3O3/c1-16(2)8-9-29-17(3)10-22(19(29)5)13-23(14-27)26(31)32-15-25(30)28-18(4)24-12-20-6-7-21(24)11-20/h10,13,16,18,20-21,24H,6-9,11-12,15H2,1-5H3,(H,28,30)/b23-13+. The average Bonchev–Trinajstić information content (AvgIpc) is 3.44. The third kappa shape index (κ3) is 5.62. The molecule has 6 nitrogen and oxygen atoms in total. The second-order valence-corrected chi connectivity index (χ2v) is 10.1. The number of rotatable bonds is 9. The van der Waals surface area contributed by atoms with Gasteiger partial charge < -0.3 is 14.6 Å². The van der Waals surface area contributed by atoms with E-state index in [1.165, 1.54) is 25.7 Å². The maximum absolute atomic E-state index is 12.4. The van der Waals surface area contributed by atoms with Crippen molar-refractivity contribution < 1.29 is 14.3 Å². The van der Waals surface area contributed by atoms with Crippen molar-refractivity contribution in [2.24, 2.45) is 23.7 Å². The molecule has 1 amide bonds.